The number of amidine groups is 1. The van der Waals surface area contributed by atoms with Crippen LogP contribution in [0, 0.1) is 5.92 Å². The molecular weight excluding hydrogens is 327 g/mol. The van der Waals surface area contributed by atoms with Gasteiger partial charge in [0.25, 0.3) is 0 Å². The van der Waals surface area contributed by atoms with Crippen molar-refractivity contribution in [2.24, 2.45) is 10.9 Å². The molecule has 0 bridgehead atoms. The van der Waals surface area contributed by atoms with Crippen LogP contribution in [0.4, 0.5) is 0 Å². The maximum absolute atomic E-state index is 10.6. The van der Waals surface area contributed by atoms with Crippen LogP contribution in [0.1, 0.15) is 18.4 Å². The molecule has 1 aromatic rings. The largest absolute Gasteiger partial charge is 0.387 e. The summed E-state index contributed by atoms with van der Waals surface area (Å²) in [7, 11) is 0. The second kappa shape index (κ2) is 5.20. The number of hydrogen-bond donors (Lipinski definition) is 1. The van der Waals surface area contributed by atoms with Crippen molar-refractivity contribution in [3.63, 3.8) is 0 Å². The third-order valence-electron chi connectivity index (χ3n) is 4.04. The Balaban J connectivity index is 1.80. The molecule has 2 heterocycles. The molecule has 4 rings (SSSR count). The van der Waals surface area contributed by atoms with Crippen LogP contribution in [0.3, 0.4) is 0 Å². The van der Waals surface area contributed by atoms with Gasteiger partial charge in [-0.05, 0) is 30.9 Å². The van der Waals surface area contributed by atoms with Crippen molar-refractivity contribution >= 4 is 45.8 Å². The molecule has 6 heteroatoms. The first kappa shape index (κ1) is 13.9. The van der Waals surface area contributed by atoms with Crippen LogP contribution in [0.25, 0.3) is 5.70 Å². The number of hydrogen-bond acceptors (Lipinski definition) is 4. The van der Waals surface area contributed by atoms with E-state index in [1.807, 2.05) is 18.2 Å². The highest BCUT2D eigenvalue weighted by Crippen LogP contribution is 2.48. The highest BCUT2D eigenvalue weighted by molar-refractivity contribution is 8.17. The number of nitrogens with zero attached hydrogens (tertiary/aromatic N) is 2. The molecule has 0 amide bonds. The minimum absolute atomic E-state index is 0.394. The van der Waals surface area contributed by atoms with E-state index in [4.69, 9.17) is 23.2 Å². The maximum atomic E-state index is 10.6. The van der Waals surface area contributed by atoms with Crippen molar-refractivity contribution in [2.75, 3.05) is 13.1 Å². The standard InChI is InChI=1S/C15H14Cl2N2OS/c16-10-4-3-9(7-11(10)17)12-14(13(20)8-1-2-8)21-15-18-5-6-19(12)15/h3-4,7-8,13,20H,1-2,5-6H2. The van der Waals surface area contributed by atoms with Crippen molar-refractivity contribution in [1.29, 1.82) is 0 Å². The molecule has 1 saturated carbocycles. The summed E-state index contributed by atoms with van der Waals surface area (Å²) in [6.45, 7) is 1.67. The Morgan fingerprint density at radius 1 is 1.29 bits per heavy atom. The van der Waals surface area contributed by atoms with Crippen molar-refractivity contribution in [2.45, 2.75) is 18.9 Å². The number of aliphatic hydroxyl groups excluding tert-OH is 1. The lowest BCUT2D eigenvalue weighted by Gasteiger charge is -2.19. The fourth-order valence-electron chi connectivity index (χ4n) is 2.77. The van der Waals surface area contributed by atoms with Crippen molar-refractivity contribution in [1.82, 2.24) is 4.90 Å². The van der Waals surface area contributed by atoms with Gasteiger partial charge in [0.15, 0.2) is 5.17 Å². The first-order chi connectivity index (χ1) is 10.1. The van der Waals surface area contributed by atoms with Gasteiger partial charge in [0.05, 0.1) is 28.4 Å². The summed E-state index contributed by atoms with van der Waals surface area (Å²) in [5.41, 5.74) is 2.05. The number of fused-ring (bicyclic) bond motifs is 1. The summed E-state index contributed by atoms with van der Waals surface area (Å²) in [5.74, 6) is 0.394. The van der Waals surface area contributed by atoms with E-state index < -0.39 is 6.10 Å². The second-order valence-electron chi connectivity index (χ2n) is 5.54. The van der Waals surface area contributed by atoms with E-state index in [-0.39, 0.29) is 0 Å². The second-order valence-corrected chi connectivity index (χ2v) is 7.37. The predicted molar refractivity (Wildman–Crippen MR) is 88.7 cm³/mol. The fraction of sp³-hybridized carbons (Fsp3) is 0.400. The molecule has 1 N–H and O–H groups in total. The van der Waals surface area contributed by atoms with E-state index in [2.05, 4.69) is 9.89 Å². The Morgan fingerprint density at radius 3 is 2.81 bits per heavy atom. The van der Waals surface area contributed by atoms with Crippen LogP contribution >= 0.6 is 35.0 Å². The van der Waals surface area contributed by atoms with Crippen LogP contribution in [0.15, 0.2) is 28.1 Å². The summed E-state index contributed by atoms with van der Waals surface area (Å²) >= 11 is 13.8. The number of rotatable bonds is 3. The Morgan fingerprint density at radius 2 is 2.10 bits per heavy atom. The van der Waals surface area contributed by atoms with Crippen molar-refractivity contribution in [3.8, 4) is 0 Å². The van der Waals surface area contributed by atoms with Gasteiger partial charge in [0.2, 0.25) is 0 Å². The Labute approximate surface area is 137 Å². The van der Waals surface area contributed by atoms with Gasteiger partial charge in [0, 0.05) is 17.0 Å². The van der Waals surface area contributed by atoms with Gasteiger partial charge in [-0.15, -0.1) is 0 Å². The highest BCUT2D eigenvalue weighted by atomic mass is 35.5. The fourth-order valence-corrected chi connectivity index (χ4v) is 4.35. The summed E-state index contributed by atoms with van der Waals surface area (Å²) < 4.78 is 0. The van der Waals surface area contributed by atoms with Crippen LogP contribution in [0.2, 0.25) is 10.0 Å². The third kappa shape index (κ3) is 2.38. The molecule has 0 radical (unpaired) electrons. The quantitative estimate of drug-likeness (QED) is 0.907. The molecule has 0 aromatic heterocycles. The first-order valence-corrected chi connectivity index (χ1v) is 8.60. The number of aliphatic imine (C=N–C) groups is 1. The van der Waals surface area contributed by atoms with E-state index >= 15 is 0 Å². The van der Waals surface area contributed by atoms with Crippen LogP contribution in [0.5, 0.6) is 0 Å². The number of halogens is 2. The Hall–Kier alpha value is -0.680. The summed E-state index contributed by atoms with van der Waals surface area (Å²) in [6, 6.07) is 5.65. The number of thioether (sulfide) groups is 1. The van der Waals surface area contributed by atoms with Crippen molar-refractivity contribution < 1.29 is 5.11 Å². The summed E-state index contributed by atoms with van der Waals surface area (Å²) in [5, 5.41) is 12.7. The minimum atomic E-state index is -0.396. The molecule has 1 aromatic carbocycles. The zero-order chi connectivity index (χ0) is 14.6. The third-order valence-corrected chi connectivity index (χ3v) is 5.96. The lowest BCUT2D eigenvalue weighted by molar-refractivity contribution is 0.196. The lowest BCUT2D eigenvalue weighted by atomic mass is 10.1. The molecule has 3 nitrogen and oxygen atoms in total. The smallest absolute Gasteiger partial charge is 0.168 e. The zero-order valence-electron chi connectivity index (χ0n) is 11.2. The van der Waals surface area contributed by atoms with Gasteiger partial charge in [-0.3, -0.25) is 4.99 Å². The topological polar surface area (TPSA) is 35.8 Å². The molecule has 1 aliphatic carbocycles. The molecule has 110 valence electrons. The van der Waals surface area contributed by atoms with E-state index in [0.717, 1.165) is 47.3 Å². The van der Waals surface area contributed by atoms with E-state index in [0.29, 0.717) is 16.0 Å². The molecule has 0 saturated heterocycles. The van der Waals surface area contributed by atoms with Gasteiger partial charge in [-0.25, -0.2) is 0 Å². The monoisotopic (exact) mass is 340 g/mol. The molecule has 1 fully saturated rings. The zero-order valence-corrected chi connectivity index (χ0v) is 13.5. The molecule has 21 heavy (non-hydrogen) atoms. The van der Waals surface area contributed by atoms with Crippen molar-refractivity contribution in [3.05, 3.63) is 38.7 Å². The van der Waals surface area contributed by atoms with Crippen LogP contribution < -0.4 is 0 Å². The van der Waals surface area contributed by atoms with Gasteiger partial charge < -0.3 is 10.0 Å². The Kier molecular flexibility index (Phi) is 3.45. The molecule has 3 aliphatic rings. The van der Waals surface area contributed by atoms with E-state index in [9.17, 15) is 5.11 Å². The predicted octanol–water partition coefficient (Wildman–Crippen LogP) is 3.85. The first-order valence-electron chi connectivity index (χ1n) is 7.02. The minimum Gasteiger partial charge on any atom is -0.387 e. The summed E-state index contributed by atoms with van der Waals surface area (Å²) in [4.78, 5) is 7.71. The molecule has 1 atom stereocenters. The number of aliphatic hydroxyl groups is 1. The van der Waals surface area contributed by atoms with Gasteiger partial charge in [0.1, 0.15) is 0 Å². The Bertz CT molecular complexity index is 670. The molecule has 1 unspecified atom stereocenters. The number of benzene rings is 1. The average molecular weight is 341 g/mol. The van der Waals surface area contributed by atoms with E-state index in [1.165, 1.54) is 0 Å². The lowest BCUT2D eigenvalue weighted by Crippen LogP contribution is -2.20. The van der Waals surface area contributed by atoms with Crippen LogP contribution in [-0.4, -0.2) is 34.4 Å². The normalized spacial score (nSPS) is 22.6. The SMILES string of the molecule is OC(C1=C(c2ccc(Cl)c(Cl)c2)N2CCN=C2S1)C1CC1. The van der Waals surface area contributed by atoms with Gasteiger partial charge >= 0.3 is 0 Å². The molecule has 0 spiro atoms. The van der Waals surface area contributed by atoms with Crippen LogP contribution in [-0.2, 0) is 0 Å². The molecule has 2 aliphatic heterocycles. The average Bonchev–Trinajstić information content (AvgIpc) is 3.11. The van der Waals surface area contributed by atoms with E-state index in [1.54, 1.807) is 11.8 Å². The van der Waals surface area contributed by atoms with Gasteiger partial charge in [-0.1, -0.05) is 41.0 Å². The maximum Gasteiger partial charge on any atom is 0.168 e. The summed E-state index contributed by atoms with van der Waals surface area (Å²) in [6.07, 6.45) is 1.81. The highest BCUT2D eigenvalue weighted by Gasteiger charge is 2.41. The molecular formula is C15H14Cl2N2OS. The van der Waals surface area contributed by atoms with Gasteiger partial charge in [-0.2, -0.15) is 0 Å².